The number of ether oxygens (including phenoxy) is 2. The Hall–Kier alpha value is -0.630. The fourth-order valence-electron chi connectivity index (χ4n) is 3.21. The summed E-state index contributed by atoms with van der Waals surface area (Å²) in [6, 6.07) is 0.232. The van der Waals surface area contributed by atoms with Gasteiger partial charge in [-0.3, -0.25) is 4.90 Å². The average molecular weight is 295 g/mol. The van der Waals surface area contributed by atoms with Crippen molar-refractivity contribution in [3.8, 4) is 0 Å². The molecule has 3 fully saturated rings. The summed E-state index contributed by atoms with van der Waals surface area (Å²) in [4.78, 5) is 17.4. The van der Waals surface area contributed by atoms with Crippen LogP contribution in [-0.2, 0) is 14.3 Å². The molecule has 0 N–H and O–H groups in total. The number of halogens is 1. The molecule has 19 heavy (non-hydrogen) atoms. The molecule has 0 aromatic rings. The van der Waals surface area contributed by atoms with Gasteiger partial charge in [0.1, 0.15) is 12.2 Å². The van der Waals surface area contributed by atoms with E-state index >= 15 is 0 Å². The molecule has 3 aliphatic heterocycles. The van der Waals surface area contributed by atoms with E-state index in [0.29, 0.717) is 6.61 Å². The Balaban J connectivity index is 0.00000133. The van der Waals surface area contributed by atoms with Crippen LogP contribution in [0.15, 0.2) is 0 Å². The number of nitrogens with zero attached hydrogens (tertiary/aromatic N) is 2. The number of piperidine rings is 1. The molecule has 0 spiro atoms. The minimum Gasteiger partial charge on any atom is -0.371 e. The third-order valence-corrected chi connectivity index (χ3v) is 4.06. The summed E-state index contributed by atoms with van der Waals surface area (Å²) in [5.41, 5.74) is 0. The first-order valence-electron chi connectivity index (χ1n) is 6.54. The van der Waals surface area contributed by atoms with Crippen molar-refractivity contribution < 1.29 is 19.4 Å². The van der Waals surface area contributed by atoms with Crippen LogP contribution in [0.5, 0.6) is 0 Å². The van der Waals surface area contributed by atoms with Gasteiger partial charge in [0.05, 0.1) is 19.3 Å². The predicted molar refractivity (Wildman–Crippen MR) is 67.8 cm³/mol. The Morgan fingerprint density at radius 3 is 2.47 bits per heavy atom. The van der Waals surface area contributed by atoms with Crippen LogP contribution in [0.25, 0.3) is 0 Å². The van der Waals surface area contributed by atoms with E-state index in [2.05, 4.69) is 9.74 Å². The second kappa shape index (κ2) is 6.21. The van der Waals surface area contributed by atoms with Gasteiger partial charge < -0.3 is 14.3 Å². The van der Waals surface area contributed by atoms with E-state index in [9.17, 15) is 10.1 Å². The third-order valence-electron chi connectivity index (χ3n) is 4.06. The van der Waals surface area contributed by atoms with Crippen molar-refractivity contribution in [1.29, 1.82) is 0 Å². The molecular weight excluding hydrogens is 276 g/mol. The molecule has 0 amide bonds. The van der Waals surface area contributed by atoms with Crippen molar-refractivity contribution in [3.63, 3.8) is 0 Å². The van der Waals surface area contributed by atoms with Crippen LogP contribution in [0.1, 0.15) is 19.3 Å². The lowest BCUT2D eigenvalue weighted by atomic mass is 10.0. The normalized spacial score (nSPS) is 38.5. The van der Waals surface area contributed by atoms with Gasteiger partial charge in [0.15, 0.2) is 6.10 Å². The van der Waals surface area contributed by atoms with Crippen molar-refractivity contribution in [3.05, 3.63) is 10.1 Å². The molecule has 3 heterocycles. The van der Waals surface area contributed by atoms with E-state index in [4.69, 9.17) is 9.47 Å². The van der Waals surface area contributed by atoms with Crippen molar-refractivity contribution in [2.24, 2.45) is 0 Å². The van der Waals surface area contributed by atoms with Crippen LogP contribution in [0.3, 0.4) is 0 Å². The fraction of sp³-hybridized carbons (Fsp3) is 1.00. The van der Waals surface area contributed by atoms with Crippen molar-refractivity contribution in [2.45, 2.75) is 43.6 Å². The van der Waals surface area contributed by atoms with Gasteiger partial charge in [0, 0.05) is 0 Å². The molecule has 0 bridgehead atoms. The summed E-state index contributed by atoms with van der Waals surface area (Å²) in [5, 5.41) is 9.63. The molecule has 0 aromatic heterocycles. The Morgan fingerprint density at radius 2 is 1.79 bits per heavy atom. The molecule has 110 valence electrons. The van der Waals surface area contributed by atoms with Crippen molar-refractivity contribution >= 4 is 12.4 Å². The molecular formula is C11H19ClN2O5. The lowest BCUT2D eigenvalue weighted by Crippen LogP contribution is -2.47. The second-order valence-corrected chi connectivity index (χ2v) is 5.13. The summed E-state index contributed by atoms with van der Waals surface area (Å²) in [6.45, 7) is 2.98. The van der Waals surface area contributed by atoms with E-state index in [1.807, 2.05) is 0 Å². The van der Waals surface area contributed by atoms with Crippen LogP contribution in [-0.4, -0.2) is 60.6 Å². The Bertz CT molecular complexity index is 326. The van der Waals surface area contributed by atoms with E-state index in [1.165, 1.54) is 19.3 Å². The monoisotopic (exact) mass is 294 g/mol. The summed E-state index contributed by atoms with van der Waals surface area (Å²) in [6.07, 6.45) is 2.77. The minimum atomic E-state index is -0.756. The number of fused-ring (bicyclic) bond motifs is 1. The van der Waals surface area contributed by atoms with E-state index in [-0.39, 0.29) is 37.3 Å². The van der Waals surface area contributed by atoms with E-state index < -0.39 is 11.2 Å². The first-order chi connectivity index (χ1) is 8.75. The van der Waals surface area contributed by atoms with Crippen LogP contribution in [0, 0.1) is 10.1 Å². The van der Waals surface area contributed by atoms with Crippen molar-refractivity contribution in [1.82, 2.24) is 4.90 Å². The lowest BCUT2D eigenvalue weighted by molar-refractivity contribution is -0.769. The Kier molecular flexibility index (Phi) is 4.83. The number of rotatable bonds is 3. The summed E-state index contributed by atoms with van der Waals surface area (Å²) < 4.78 is 11.3. The van der Waals surface area contributed by atoms with Gasteiger partial charge in [-0.2, -0.15) is 0 Å². The highest BCUT2D eigenvalue weighted by Crippen LogP contribution is 2.32. The molecule has 3 rings (SSSR count). The van der Waals surface area contributed by atoms with Gasteiger partial charge in [-0.25, -0.2) is 0 Å². The third kappa shape index (κ3) is 2.94. The topological polar surface area (TPSA) is 74.1 Å². The highest BCUT2D eigenvalue weighted by Gasteiger charge is 2.51. The molecule has 3 saturated heterocycles. The average Bonchev–Trinajstić information content (AvgIpc) is 2.93. The lowest BCUT2D eigenvalue weighted by Gasteiger charge is -2.33. The fourth-order valence-corrected chi connectivity index (χ4v) is 3.21. The standard InChI is InChI=1S/C11H18N2O5.ClH/c14-13(15)18-9-7-17-10-8(6-16-11(9)10)12-4-2-1-3-5-12;/h8-11H,1-7H2;1H/t8-,9-,10+,11+;/m0./s1. The van der Waals surface area contributed by atoms with Gasteiger partial charge in [0.25, 0.3) is 5.09 Å². The van der Waals surface area contributed by atoms with Crippen LogP contribution in [0.4, 0.5) is 0 Å². The predicted octanol–water partition coefficient (Wildman–Crippen LogP) is 0.637. The summed E-state index contributed by atoms with van der Waals surface area (Å²) >= 11 is 0. The number of likely N-dealkylation sites (tertiary alicyclic amines) is 1. The minimum absolute atomic E-state index is 0. The van der Waals surface area contributed by atoms with Gasteiger partial charge in [-0.1, -0.05) is 6.42 Å². The zero-order valence-corrected chi connectivity index (χ0v) is 11.4. The molecule has 0 unspecified atom stereocenters. The van der Waals surface area contributed by atoms with Gasteiger partial charge in [0.2, 0.25) is 0 Å². The molecule has 0 radical (unpaired) electrons. The molecule has 7 nitrogen and oxygen atoms in total. The van der Waals surface area contributed by atoms with E-state index in [1.54, 1.807) is 0 Å². The largest absolute Gasteiger partial charge is 0.371 e. The molecule has 0 saturated carbocycles. The van der Waals surface area contributed by atoms with Gasteiger partial charge >= 0.3 is 0 Å². The van der Waals surface area contributed by atoms with Crippen LogP contribution in [0.2, 0.25) is 0 Å². The summed E-state index contributed by atoms with van der Waals surface area (Å²) in [7, 11) is 0. The SMILES string of the molecule is Cl.O=[N+]([O-])O[C@H]1CO[C@H]2[C@@H]1OC[C@@H]2N1CCCCC1. The zero-order chi connectivity index (χ0) is 12.5. The molecule has 8 heteroatoms. The maximum atomic E-state index is 10.4. The molecule has 0 aromatic carbocycles. The maximum absolute atomic E-state index is 10.4. The highest BCUT2D eigenvalue weighted by molar-refractivity contribution is 5.85. The van der Waals surface area contributed by atoms with Gasteiger partial charge in [-0.05, 0) is 25.9 Å². The zero-order valence-electron chi connectivity index (χ0n) is 10.6. The molecule has 0 aliphatic carbocycles. The molecule has 3 aliphatic rings. The number of hydrogen-bond acceptors (Lipinski definition) is 6. The quantitative estimate of drug-likeness (QED) is 0.562. The maximum Gasteiger partial charge on any atom is 0.294 e. The second-order valence-electron chi connectivity index (χ2n) is 5.13. The first-order valence-corrected chi connectivity index (χ1v) is 6.54. The molecule has 4 atom stereocenters. The van der Waals surface area contributed by atoms with E-state index in [0.717, 1.165) is 13.1 Å². The Morgan fingerprint density at radius 1 is 1.11 bits per heavy atom. The smallest absolute Gasteiger partial charge is 0.294 e. The summed E-state index contributed by atoms with van der Waals surface area (Å²) in [5.74, 6) is 0. The Labute approximate surface area is 117 Å². The van der Waals surface area contributed by atoms with Crippen LogP contribution < -0.4 is 0 Å². The van der Waals surface area contributed by atoms with Gasteiger partial charge in [-0.15, -0.1) is 22.5 Å². The number of hydrogen-bond donors (Lipinski definition) is 0. The highest BCUT2D eigenvalue weighted by atomic mass is 35.5. The van der Waals surface area contributed by atoms with Crippen molar-refractivity contribution in [2.75, 3.05) is 26.3 Å². The first kappa shape index (κ1) is 14.8. The van der Waals surface area contributed by atoms with Crippen LogP contribution >= 0.6 is 12.4 Å².